The van der Waals surface area contributed by atoms with Gasteiger partial charge in [-0.05, 0) is 29.8 Å². The summed E-state index contributed by atoms with van der Waals surface area (Å²) in [5.74, 6) is -0.231. The fraction of sp³-hybridized carbons (Fsp3) is 0.0588. The molecule has 0 radical (unpaired) electrons. The number of amidine groups is 2. The molecule has 1 aliphatic rings. The molecule has 0 spiro atoms. The number of hydrogen-bond donors (Lipinski definition) is 4. The summed E-state index contributed by atoms with van der Waals surface area (Å²) >= 11 is 0. The first-order chi connectivity index (χ1) is 12.6. The first kappa shape index (κ1) is 17.0. The fourth-order valence-electron chi connectivity index (χ4n) is 2.36. The zero-order valence-corrected chi connectivity index (χ0v) is 13.5. The highest BCUT2D eigenvalue weighted by Gasteiger charge is 2.33. The van der Waals surface area contributed by atoms with E-state index in [0.717, 1.165) is 6.40 Å². The Bertz CT molecular complexity index is 931. The first-order valence-corrected chi connectivity index (χ1v) is 7.53. The smallest absolute Gasteiger partial charge is 0.198 e. The van der Waals surface area contributed by atoms with Gasteiger partial charge in [0.05, 0.1) is 17.3 Å². The van der Waals surface area contributed by atoms with Gasteiger partial charge in [0.15, 0.2) is 23.9 Å². The van der Waals surface area contributed by atoms with Crippen molar-refractivity contribution >= 4 is 35.3 Å². The molecule has 0 aliphatic carbocycles. The minimum Gasteiger partial charge on any atom is -0.446 e. The summed E-state index contributed by atoms with van der Waals surface area (Å²) in [5, 5.41) is 39.2. The summed E-state index contributed by atoms with van der Waals surface area (Å²) in [7, 11) is 0. The second kappa shape index (κ2) is 7.34. The number of benzene rings is 1. The number of rotatable bonds is 4. The summed E-state index contributed by atoms with van der Waals surface area (Å²) < 4.78 is 4.96. The molecule has 1 aromatic carbocycles. The third-order valence-electron chi connectivity index (χ3n) is 3.60. The number of pyridine rings is 1. The molecule has 2 heterocycles. The predicted molar refractivity (Wildman–Crippen MR) is 98.0 cm³/mol. The lowest BCUT2D eigenvalue weighted by molar-refractivity contribution is 0.569. The topological polar surface area (TPSA) is 155 Å². The fourth-order valence-corrected chi connectivity index (χ4v) is 2.36. The summed E-state index contributed by atoms with van der Waals surface area (Å²) in [6.07, 6.45) is 2.39. The highest BCUT2D eigenvalue weighted by atomic mass is 16.5. The molecule has 1 unspecified atom stereocenters. The van der Waals surface area contributed by atoms with Gasteiger partial charge in [-0.2, -0.15) is 0 Å². The second-order valence-corrected chi connectivity index (χ2v) is 5.24. The van der Waals surface area contributed by atoms with Crippen molar-refractivity contribution in [1.29, 1.82) is 21.6 Å². The van der Waals surface area contributed by atoms with E-state index < -0.39 is 5.92 Å². The number of azo groups is 1. The number of aromatic nitrogens is 1. The molecule has 0 bridgehead atoms. The molecule has 9 nitrogen and oxygen atoms in total. The largest absolute Gasteiger partial charge is 0.446 e. The highest BCUT2D eigenvalue weighted by Crippen LogP contribution is 2.26. The Balaban J connectivity index is 1.90. The van der Waals surface area contributed by atoms with E-state index in [-0.39, 0.29) is 23.1 Å². The zero-order valence-electron chi connectivity index (χ0n) is 13.5. The molecule has 2 aromatic rings. The van der Waals surface area contributed by atoms with Gasteiger partial charge >= 0.3 is 0 Å². The van der Waals surface area contributed by atoms with E-state index in [1.54, 1.807) is 48.7 Å². The molecular formula is C17H14N8O. The minimum absolute atomic E-state index is 0.0218. The Kier molecular flexibility index (Phi) is 4.79. The van der Waals surface area contributed by atoms with Crippen molar-refractivity contribution in [2.45, 2.75) is 5.92 Å². The van der Waals surface area contributed by atoms with Gasteiger partial charge in [-0.3, -0.25) is 10.8 Å². The van der Waals surface area contributed by atoms with Crippen LogP contribution in [0, 0.1) is 21.6 Å². The van der Waals surface area contributed by atoms with Gasteiger partial charge in [-0.25, -0.2) is 9.98 Å². The van der Waals surface area contributed by atoms with E-state index in [4.69, 9.17) is 26.4 Å². The summed E-state index contributed by atoms with van der Waals surface area (Å²) in [6.45, 7) is 0. The van der Waals surface area contributed by atoms with Crippen LogP contribution in [0.2, 0.25) is 0 Å². The molecule has 4 N–H and O–H groups in total. The maximum absolute atomic E-state index is 8.35. The molecule has 1 aliphatic heterocycles. The van der Waals surface area contributed by atoms with E-state index in [2.05, 4.69) is 20.2 Å². The Labute approximate surface area is 148 Å². The number of hydrogen-bond acceptors (Lipinski definition) is 8. The molecule has 0 saturated heterocycles. The lowest BCUT2D eigenvalue weighted by atomic mass is 9.86. The molecule has 3 rings (SSSR count). The molecular weight excluding hydrogens is 332 g/mol. The van der Waals surface area contributed by atoms with Crippen molar-refractivity contribution in [3.63, 3.8) is 0 Å². The molecule has 9 heteroatoms. The average molecular weight is 346 g/mol. The molecule has 26 heavy (non-hydrogen) atoms. The van der Waals surface area contributed by atoms with Crippen LogP contribution in [0.15, 0.2) is 63.9 Å². The quantitative estimate of drug-likeness (QED) is 0.381. The molecule has 0 fully saturated rings. The van der Waals surface area contributed by atoms with E-state index in [1.165, 1.54) is 0 Å². The summed E-state index contributed by atoms with van der Waals surface area (Å²) in [5.41, 5.74) is 0.515. The van der Waals surface area contributed by atoms with Gasteiger partial charge in [-0.15, -0.1) is 10.2 Å². The van der Waals surface area contributed by atoms with Crippen molar-refractivity contribution < 1.29 is 4.74 Å². The Morgan fingerprint density at radius 2 is 1.73 bits per heavy atom. The second-order valence-electron chi connectivity index (χ2n) is 5.24. The van der Waals surface area contributed by atoms with Crippen LogP contribution in [0.4, 0.5) is 5.82 Å². The van der Waals surface area contributed by atoms with Crippen molar-refractivity contribution in [3.8, 4) is 5.75 Å². The summed E-state index contributed by atoms with van der Waals surface area (Å²) in [6, 6.07) is 11.8. The molecule has 128 valence electrons. The van der Waals surface area contributed by atoms with Gasteiger partial charge in [0.2, 0.25) is 0 Å². The number of nitrogens with one attached hydrogen (secondary N) is 4. The van der Waals surface area contributed by atoms with Crippen LogP contribution in [0.1, 0.15) is 11.5 Å². The maximum Gasteiger partial charge on any atom is 0.198 e. The van der Waals surface area contributed by atoms with Crippen molar-refractivity contribution in [1.82, 2.24) is 4.98 Å². The van der Waals surface area contributed by atoms with Crippen LogP contribution >= 0.6 is 0 Å². The molecule has 0 saturated carbocycles. The van der Waals surface area contributed by atoms with E-state index in [9.17, 15) is 0 Å². The van der Waals surface area contributed by atoms with Crippen molar-refractivity contribution in [3.05, 3.63) is 54.2 Å². The molecule has 0 amide bonds. The minimum atomic E-state index is -0.772. The van der Waals surface area contributed by atoms with Crippen LogP contribution in [0.25, 0.3) is 0 Å². The van der Waals surface area contributed by atoms with E-state index in [0.29, 0.717) is 17.1 Å². The maximum atomic E-state index is 8.35. The van der Waals surface area contributed by atoms with Crippen LogP contribution < -0.4 is 4.74 Å². The lowest BCUT2D eigenvalue weighted by Crippen LogP contribution is -2.36. The van der Waals surface area contributed by atoms with Gasteiger partial charge in [0.1, 0.15) is 5.75 Å². The Morgan fingerprint density at radius 3 is 2.38 bits per heavy atom. The SMILES string of the molecule is N=COc1ccc(C2C(=N)C(=N)N=C(N=Nc3ccccn3)C2=N)cc1. The van der Waals surface area contributed by atoms with Crippen LogP contribution in [0.5, 0.6) is 5.75 Å². The summed E-state index contributed by atoms with van der Waals surface area (Å²) in [4.78, 5) is 7.90. The number of ether oxygens (including phenoxy) is 1. The Hall–Kier alpha value is -3.88. The Morgan fingerprint density at radius 1 is 0.962 bits per heavy atom. The standard InChI is InChI=1S/C17H14N8O/c18-9-26-11-6-4-10(5-7-11)13-14(19)16(21)23-17(15(13)20)25-24-12-3-1-2-8-22-12/h1-9,13,18-21H. The van der Waals surface area contributed by atoms with Crippen molar-refractivity contribution in [2.24, 2.45) is 15.2 Å². The molecule has 1 atom stereocenters. The van der Waals surface area contributed by atoms with Gasteiger partial charge in [-0.1, -0.05) is 18.2 Å². The third kappa shape index (κ3) is 3.46. The van der Waals surface area contributed by atoms with Crippen LogP contribution in [0.3, 0.4) is 0 Å². The van der Waals surface area contributed by atoms with Gasteiger partial charge in [0, 0.05) is 6.20 Å². The third-order valence-corrected chi connectivity index (χ3v) is 3.60. The zero-order chi connectivity index (χ0) is 18.5. The van der Waals surface area contributed by atoms with Crippen molar-refractivity contribution in [2.75, 3.05) is 0 Å². The normalized spacial score (nSPS) is 17.3. The average Bonchev–Trinajstić information content (AvgIpc) is 2.66. The lowest BCUT2D eigenvalue weighted by Gasteiger charge is -2.22. The van der Waals surface area contributed by atoms with Crippen LogP contribution in [-0.2, 0) is 0 Å². The van der Waals surface area contributed by atoms with Gasteiger partial charge in [0.25, 0.3) is 0 Å². The monoisotopic (exact) mass is 346 g/mol. The molecule has 1 aromatic heterocycles. The van der Waals surface area contributed by atoms with Crippen LogP contribution in [-0.4, -0.2) is 34.5 Å². The number of nitrogens with zero attached hydrogens (tertiary/aromatic N) is 4. The number of aliphatic imine (C=N–C) groups is 1. The predicted octanol–water partition coefficient (Wildman–Crippen LogP) is 3.36. The van der Waals surface area contributed by atoms with Gasteiger partial charge < -0.3 is 15.6 Å². The van der Waals surface area contributed by atoms with E-state index in [1.807, 2.05) is 0 Å². The first-order valence-electron chi connectivity index (χ1n) is 7.53. The highest BCUT2D eigenvalue weighted by molar-refractivity contribution is 6.60. The van der Waals surface area contributed by atoms with E-state index >= 15 is 0 Å².